The molecule has 2 aromatic carbocycles. The van der Waals surface area contributed by atoms with Crippen LogP contribution < -0.4 is 19.6 Å². The van der Waals surface area contributed by atoms with Crippen LogP contribution in [0.5, 0.6) is 17.2 Å². The number of nitrogens with one attached hydrogen (secondary N) is 1. The second-order valence-electron chi connectivity index (χ2n) is 5.81. The van der Waals surface area contributed by atoms with Crippen molar-refractivity contribution >= 4 is 12.1 Å². The number of hydrazone groups is 1. The molecule has 0 spiro atoms. The van der Waals surface area contributed by atoms with E-state index in [9.17, 15) is 4.79 Å². The van der Waals surface area contributed by atoms with E-state index in [1.165, 1.54) is 0 Å². The predicted octanol–water partition coefficient (Wildman–Crippen LogP) is 3.58. The van der Waals surface area contributed by atoms with Crippen LogP contribution in [0.15, 0.2) is 47.6 Å². The molecule has 0 atom stereocenters. The third kappa shape index (κ3) is 6.66. The Morgan fingerprint density at radius 2 is 1.85 bits per heavy atom. The van der Waals surface area contributed by atoms with Crippen LogP contribution in [0.3, 0.4) is 0 Å². The van der Waals surface area contributed by atoms with Crippen LogP contribution in [-0.4, -0.2) is 32.4 Å². The largest absolute Gasteiger partial charge is 0.497 e. The summed E-state index contributed by atoms with van der Waals surface area (Å²) in [7, 11) is 1.61. The molecule has 0 unspecified atom stereocenters. The Morgan fingerprint density at radius 1 is 1.07 bits per heavy atom. The maximum absolute atomic E-state index is 12.0. The van der Waals surface area contributed by atoms with E-state index in [0.717, 1.165) is 23.3 Å². The van der Waals surface area contributed by atoms with Gasteiger partial charge in [0.2, 0.25) is 5.91 Å². The summed E-state index contributed by atoms with van der Waals surface area (Å²) in [4.78, 5) is 12.0. The molecule has 1 N–H and O–H groups in total. The van der Waals surface area contributed by atoms with Gasteiger partial charge in [0.1, 0.15) is 5.75 Å². The van der Waals surface area contributed by atoms with Gasteiger partial charge < -0.3 is 14.2 Å². The minimum absolute atomic E-state index is 0.190. The number of nitrogens with zero attached hydrogens (tertiary/aromatic N) is 1. The molecule has 2 aromatic rings. The van der Waals surface area contributed by atoms with Crippen LogP contribution in [0.4, 0.5) is 0 Å². The highest BCUT2D eigenvalue weighted by molar-refractivity contribution is 5.84. The standard InChI is InChI=1S/C21H26N2O4/c1-4-12-27-19-11-8-17(13-20(19)26-5-2)15-22-23-21(24)14-16-6-9-18(25-3)10-7-16/h6-11,13,15H,4-5,12,14H2,1-3H3,(H,23,24)/b22-15-. The van der Waals surface area contributed by atoms with Crippen molar-refractivity contribution < 1.29 is 19.0 Å². The molecule has 6 heteroatoms. The molecule has 144 valence electrons. The number of hydrogen-bond acceptors (Lipinski definition) is 5. The van der Waals surface area contributed by atoms with Gasteiger partial charge in [-0.25, -0.2) is 5.43 Å². The Morgan fingerprint density at radius 3 is 2.52 bits per heavy atom. The maximum Gasteiger partial charge on any atom is 0.244 e. The molecule has 0 heterocycles. The number of carbonyl (C=O) groups is 1. The first-order valence-corrected chi connectivity index (χ1v) is 9.00. The molecule has 0 aromatic heterocycles. The molecule has 0 aliphatic rings. The topological polar surface area (TPSA) is 69.2 Å². The second kappa shape index (κ2) is 10.9. The predicted molar refractivity (Wildman–Crippen MR) is 106 cm³/mol. The Balaban J connectivity index is 1.93. The van der Waals surface area contributed by atoms with Crippen LogP contribution in [0.2, 0.25) is 0 Å². The lowest BCUT2D eigenvalue weighted by Crippen LogP contribution is -2.19. The van der Waals surface area contributed by atoms with Gasteiger partial charge in [-0.1, -0.05) is 19.1 Å². The van der Waals surface area contributed by atoms with E-state index in [0.29, 0.717) is 24.7 Å². The lowest BCUT2D eigenvalue weighted by molar-refractivity contribution is -0.120. The quantitative estimate of drug-likeness (QED) is 0.513. The van der Waals surface area contributed by atoms with E-state index in [1.807, 2.05) is 49.4 Å². The number of ether oxygens (including phenoxy) is 3. The first-order valence-electron chi connectivity index (χ1n) is 9.00. The Bertz CT molecular complexity index is 757. The summed E-state index contributed by atoms with van der Waals surface area (Å²) in [6.07, 6.45) is 2.75. The van der Waals surface area contributed by atoms with Crippen molar-refractivity contribution in [2.45, 2.75) is 26.7 Å². The highest BCUT2D eigenvalue weighted by atomic mass is 16.5. The monoisotopic (exact) mass is 370 g/mol. The zero-order valence-electron chi connectivity index (χ0n) is 16.0. The van der Waals surface area contributed by atoms with E-state index in [-0.39, 0.29) is 12.3 Å². The summed E-state index contributed by atoms with van der Waals surface area (Å²) in [5, 5.41) is 4.02. The molecule has 0 saturated carbocycles. The first kappa shape index (κ1) is 20.3. The molecule has 0 aliphatic heterocycles. The average molecular weight is 370 g/mol. The van der Waals surface area contributed by atoms with Gasteiger partial charge in [-0.2, -0.15) is 5.10 Å². The fourth-order valence-corrected chi connectivity index (χ4v) is 2.35. The van der Waals surface area contributed by atoms with E-state index in [1.54, 1.807) is 13.3 Å². The van der Waals surface area contributed by atoms with Gasteiger partial charge in [-0.05, 0) is 54.8 Å². The summed E-state index contributed by atoms with van der Waals surface area (Å²) in [5.41, 5.74) is 4.24. The third-order valence-electron chi connectivity index (χ3n) is 3.66. The molecule has 0 aliphatic carbocycles. The number of amides is 1. The Labute approximate surface area is 160 Å². The maximum atomic E-state index is 12.0. The van der Waals surface area contributed by atoms with Crippen LogP contribution in [0, 0.1) is 0 Å². The van der Waals surface area contributed by atoms with Gasteiger partial charge in [-0.3, -0.25) is 4.79 Å². The SMILES string of the molecule is CCCOc1ccc(/C=N\NC(=O)Cc2ccc(OC)cc2)cc1OCC. The van der Waals surface area contributed by atoms with Gasteiger partial charge >= 0.3 is 0 Å². The summed E-state index contributed by atoms with van der Waals surface area (Å²) >= 11 is 0. The van der Waals surface area contributed by atoms with E-state index >= 15 is 0 Å². The number of carbonyl (C=O) groups excluding carboxylic acids is 1. The number of rotatable bonds is 10. The van der Waals surface area contributed by atoms with E-state index < -0.39 is 0 Å². The molecule has 0 bridgehead atoms. The van der Waals surface area contributed by atoms with Crippen LogP contribution in [0.1, 0.15) is 31.4 Å². The first-order chi connectivity index (χ1) is 13.2. The zero-order valence-corrected chi connectivity index (χ0v) is 16.0. The summed E-state index contributed by atoms with van der Waals surface area (Å²) in [6, 6.07) is 12.9. The molecule has 0 radical (unpaired) electrons. The van der Waals surface area contributed by atoms with Crippen molar-refractivity contribution in [3.8, 4) is 17.2 Å². The van der Waals surface area contributed by atoms with E-state index in [4.69, 9.17) is 14.2 Å². The van der Waals surface area contributed by atoms with Gasteiger partial charge in [0, 0.05) is 0 Å². The summed E-state index contributed by atoms with van der Waals surface area (Å²) in [5.74, 6) is 1.94. The summed E-state index contributed by atoms with van der Waals surface area (Å²) < 4.78 is 16.4. The van der Waals surface area contributed by atoms with Crippen molar-refractivity contribution in [1.82, 2.24) is 5.43 Å². The Hall–Kier alpha value is -3.02. The minimum atomic E-state index is -0.190. The molecule has 6 nitrogen and oxygen atoms in total. The number of methoxy groups -OCH3 is 1. The van der Waals surface area contributed by atoms with Crippen molar-refractivity contribution in [3.05, 3.63) is 53.6 Å². The average Bonchev–Trinajstić information content (AvgIpc) is 2.68. The van der Waals surface area contributed by atoms with Crippen LogP contribution in [0.25, 0.3) is 0 Å². The number of benzene rings is 2. The molecular formula is C21H26N2O4. The van der Waals surface area contributed by atoms with E-state index in [2.05, 4.69) is 17.5 Å². The van der Waals surface area contributed by atoms with Gasteiger partial charge in [0.25, 0.3) is 0 Å². The normalized spacial score (nSPS) is 10.6. The molecule has 1 amide bonds. The molecule has 2 rings (SSSR count). The fraction of sp³-hybridized carbons (Fsp3) is 0.333. The van der Waals surface area contributed by atoms with Gasteiger partial charge in [0.15, 0.2) is 11.5 Å². The second-order valence-corrected chi connectivity index (χ2v) is 5.81. The smallest absolute Gasteiger partial charge is 0.244 e. The minimum Gasteiger partial charge on any atom is -0.497 e. The lowest BCUT2D eigenvalue weighted by Gasteiger charge is -2.11. The van der Waals surface area contributed by atoms with Gasteiger partial charge in [-0.15, -0.1) is 0 Å². The number of hydrogen-bond donors (Lipinski definition) is 1. The fourth-order valence-electron chi connectivity index (χ4n) is 2.35. The van der Waals surface area contributed by atoms with Crippen LogP contribution in [-0.2, 0) is 11.2 Å². The highest BCUT2D eigenvalue weighted by Crippen LogP contribution is 2.28. The van der Waals surface area contributed by atoms with Crippen molar-refractivity contribution in [3.63, 3.8) is 0 Å². The van der Waals surface area contributed by atoms with Crippen molar-refractivity contribution in [2.24, 2.45) is 5.10 Å². The van der Waals surface area contributed by atoms with Crippen molar-refractivity contribution in [1.29, 1.82) is 0 Å². The molecular weight excluding hydrogens is 344 g/mol. The molecule has 27 heavy (non-hydrogen) atoms. The summed E-state index contributed by atoms with van der Waals surface area (Å²) in [6.45, 7) is 5.15. The van der Waals surface area contributed by atoms with Crippen LogP contribution >= 0.6 is 0 Å². The zero-order chi connectivity index (χ0) is 19.5. The van der Waals surface area contributed by atoms with Crippen molar-refractivity contribution in [2.75, 3.05) is 20.3 Å². The molecule has 0 saturated heterocycles. The third-order valence-corrected chi connectivity index (χ3v) is 3.66. The molecule has 0 fully saturated rings. The lowest BCUT2D eigenvalue weighted by atomic mass is 10.1. The Kier molecular flexibility index (Phi) is 8.16. The highest BCUT2D eigenvalue weighted by Gasteiger charge is 2.06. The van der Waals surface area contributed by atoms with Gasteiger partial charge in [0.05, 0.1) is 33.0 Å².